The topological polar surface area (TPSA) is 48.4 Å². The van der Waals surface area contributed by atoms with E-state index >= 15 is 0 Å². The average molecular weight is 333 g/mol. The molecule has 0 unspecified atom stereocenters. The van der Waals surface area contributed by atoms with Gasteiger partial charge in [0.05, 0.1) is 18.9 Å². The summed E-state index contributed by atoms with van der Waals surface area (Å²) >= 11 is 0. The number of pyridine rings is 1. The van der Waals surface area contributed by atoms with Crippen molar-refractivity contribution < 1.29 is 14.3 Å². The minimum Gasteiger partial charge on any atom is -0.495 e. The van der Waals surface area contributed by atoms with E-state index in [1.807, 2.05) is 54.6 Å². The van der Waals surface area contributed by atoms with E-state index in [0.717, 1.165) is 16.7 Å². The molecule has 4 heteroatoms. The van der Waals surface area contributed by atoms with E-state index in [1.54, 1.807) is 19.5 Å². The second kappa shape index (κ2) is 7.62. The third kappa shape index (κ3) is 4.04. The number of ether oxygens (including phenoxy) is 2. The first-order valence-corrected chi connectivity index (χ1v) is 7.98. The number of hydrogen-bond donors (Lipinski definition) is 0. The molecule has 0 radical (unpaired) electrons. The zero-order valence-corrected chi connectivity index (χ0v) is 14.2. The Labute approximate surface area is 147 Å². The lowest BCUT2D eigenvalue weighted by Crippen LogP contribution is -2.02. The normalized spacial score (nSPS) is 10.3. The molecule has 0 aliphatic rings. The number of hydrogen-bond acceptors (Lipinski definition) is 4. The van der Waals surface area contributed by atoms with Gasteiger partial charge in [-0.05, 0) is 36.2 Å². The van der Waals surface area contributed by atoms with E-state index in [-0.39, 0.29) is 5.78 Å². The summed E-state index contributed by atoms with van der Waals surface area (Å²) in [7, 11) is 1.60. The second-order valence-electron chi connectivity index (χ2n) is 5.65. The maximum atomic E-state index is 12.1. The minimum atomic E-state index is -0.0410. The van der Waals surface area contributed by atoms with Gasteiger partial charge in [-0.2, -0.15) is 0 Å². The van der Waals surface area contributed by atoms with E-state index in [1.165, 1.54) is 6.92 Å². The fraction of sp³-hybridized carbons (Fsp3) is 0.143. The van der Waals surface area contributed by atoms with Crippen molar-refractivity contribution in [2.24, 2.45) is 0 Å². The van der Waals surface area contributed by atoms with Crippen LogP contribution in [0.5, 0.6) is 11.5 Å². The van der Waals surface area contributed by atoms with Crippen molar-refractivity contribution in [1.82, 2.24) is 4.98 Å². The Morgan fingerprint density at radius 2 is 1.80 bits per heavy atom. The van der Waals surface area contributed by atoms with Crippen molar-refractivity contribution in [2.45, 2.75) is 13.5 Å². The molecule has 2 aromatic carbocycles. The standard InChI is InChI=1S/C21H19NO3/c1-15(23)20-11-17(18-10-19(24-2)13-22-12-18)8-9-21(20)25-14-16-6-4-3-5-7-16/h3-13H,14H2,1-2H3. The van der Waals surface area contributed by atoms with Crippen molar-refractivity contribution in [2.75, 3.05) is 7.11 Å². The molecule has 3 rings (SSSR count). The van der Waals surface area contributed by atoms with Crippen LogP contribution in [0.3, 0.4) is 0 Å². The van der Waals surface area contributed by atoms with E-state index in [4.69, 9.17) is 9.47 Å². The van der Waals surface area contributed by atoms with E-state index in [9.17, 15) is 4.79 Å². The van der Waals surface area contributed by atoms with Crippen molar-refractivity contribution in [3.05, 3.63) is 78.1 Å². The van der Waals surface area contributed by atoms with Gasteiger partial charge in [-0.3, -0.25) is 9.78 Å². The number of aromatic nitrogens is 1. The predicted octanol–water partition coefficient (Wildman–Crippen LogP) is 4.54. The zero-order valence-electron chi connectivity index (χ0n) is 14.2. The second-order valence-corrected chi connectivity index (χ2v) is 5.65. The number of ketones is 1. The van der Waals surface area contributed by atoms with Gasteiger partial charge in [0.1, 0.15) is 18.1 Å². The maximum absolute atomic E-state index is 12.1. The number of methoxy groups -OCH3 is 1. The number of carbonyl (C=O) groups is 1. The molecular formula is C21H19NO3. The third-order valence-electron chi connectivity index (χ3n) is 3.88. The van der Waals surface area contributed by atoms with Crippen LogP contribution in [0.2, 0.25) is 0 Å². The van der Waals surface area contributed by atoms with Gasteiger partial charge in [0.25, 0.3) is 0 Å². The molecule has 0 N–H and O–H groups in total. The predicted molar refractivity (Wildman–Crippen MR) is 97.0 cm³/mol. The quantitative estimate of drug-likeness (QED) is 0.621. The van der Waals surface area contributed by atoms with E-state index in [0.29, 0.717) is 23.7 Å². The first-order chi connectivity index (χ1) is 12.2. The molecule has 0 aliphatic heterocycles. The van der Waals surface area contributed by atoms with Gasteiger partial charge in [0.15, 0.2) is 5.78 Å². The van der Waals surface area contributed by atoms with Crippen LogP contribution < -0.4 is 9.47 Å². The van der Waals surface area contributed by atoms with Gasteiger partial charge in [0, 0.05) is 11.8 Å². The van der Waals surface area contributed by atoms with Gasteiger partial charge in [0.2, 0.25) is 0 Å². The van der Waals surface area contributed by atoms with Crippen molar-refractivity contribution in [3.63, 3.8) is 0 Å². The van der Waals surface area contributed by atoms with Crippen LogP contribution in [-0.4, -0.2) is 17.9 Å². The molecule has 0 saturated carbocycles. The van der Waals surface area contributed by atoms with Crippen LogP contribution in [0, 0.1) is 0 Å². The molecule has 0 saturated heterocycles. The van der Waals surface area contributed by atoms with Gasteiger partial charge < -0.3 is 9.47 Å². The number of nitrogens with zero attached hydrogens (tertiary/aromatic N) is 1. The molecule has 0 spiro atoms. The van der Waals surface area contributed by atoms with Gasteiger partial charge in [-0.1, -0.05) is 36.4 Å². The Kier molecular flexibility index (Phi) is 5.09. The highest BCUT2D eigenvalue weighted by Crippen LogP contribution is 2.29. The monoisotopic (exact) mass is 333 g/mol. The molecule has 0 bridgehead atoms. The summed E-state index contributed by atoms with van der Waals surface area (Å²) in [6.45, 7) is 1.96. The Morgan fingerprint density at radius 3 is 2.52 bits per heavy atom. The lowest BCUT2D eigenvalue weighted by atomic mass is 10.0. The van der Waals surface area contributed by atoms with E-state index in [2.05, 4.69) is 4.98 Å². The molecule has 25 heavy (non-hydrogen) atoms. The maximum Gasteiger partial charge on any atom is 0.163 e. The van der Waals surface area contributed by atoms with Crippen LogP contribution >= 0.6 is 0 Å². The molecule has 0 fully saturated rings. The summed E-state index contributed by atoms with van der Waals surface area (Å²) in [6, 6.07) is 17.3. The molecule has 0 amide bonds. The SMILES string of the molecule is COc1cncc(-c2ccc(OCc3ccccc3)c(C(C)=O)c2)c1. The lowest BCUT2D eigenvalue weighted by molar-refractivity contribution is 0.101. The van der Waals surface area contributed by atoms with Gasteiger partial charge >= 0.3 is 0 Å². The van der Waals surface area contributed by atoms with Crippen LogP contribution in [0.1, 0.15) is 22.8 Å². The fourth-order valence-corrected chi connectivity index (χ4v) is 2.53. The largest absolute Gasteiger partial charge is 0.495 e. The number of benzene rings is 2. The molecular weight excluding hydrogens is 314 g/mol. The molecule has 0 atom stereocenters. The number of carbonyl (C=O) groups excluding carboxylic acids is 1. The summed E-state index contributed by atoms with van der Waals surface area (Å²) < 4.78 is 11.1. The Morgan fingerprint density at radius 1 is 1.00 bits per heavy atom. The van der Waals surface area contributed by atoms with Gasteiger partial charge in [-0.15, -0.1) is 0 Å². The van der Waals surface area contributed by atoms with E-state index < -0.39 is 0 Å². The Hall–Kier alpha value is -3.14. The number of rotatable bonds is 6. The average Bonchev–Trinajstić information content (AvgIpc) is 2.67. The fourth-order valence-electron chi connectivity index (χ4n) is 2.53. The Bertz CT molecular complexity index is 875. The molecule has 126 valence electrons. The minimum absolute atomic E-state index is 0.0410. The highest BCUT2D eigenvalue weighted by molar-refractivity contribution is 5.98. The smallest absolute Gasteiger partial charge is 0.163 e. The van der Waals surface area contributed by atoms with Crippen LogP contribution in [0.4, 0.5) is 0 Å². The highest BCUT2D eigenvalue weighted by Gasteiger charge is 2.12. The summed E-state index contributed by atoms with van der Waals surface area (Å²) in [6.07, 6.45) is 3.39. The van der Waals surface area contributed by atoms with Gasteiger partial charge in [-0.25, -0.2) is 0 Å². The van der Waals surface area contributed by atoms with Crippen LogP contribution in [-0.2, 0) is 6.61 Å². The molecule has 4 nitrogen and oxygen atoms in total. The summed E-state index contributed by atoms with van der Waals surface area (Å²) in [5.41, 5.74) is 3.38. The lowest BCUT2D eigenvalue weighted by Gasteiger charge is -2.12. The van der Waals surface area contributed by atoms with Crippen LogP contribution in [0.15, 0.2) is 67.0 Å². The van der Waals surface area contributed by atoms with Crippen molar-refractivity contribution in [3.8, 4) is 22.6 Å². The first-order valence-electron chi connectivity index (χ1n) is 7.98. The molecule has 0 aliphatic carbocycles. The first kappa shape index (κ1) is 16.7. The molecule has 1 aromatic heterocycles. The highest BCUT2D eigenvalue weighted by atomic mass is 16.5. The van der Waals surface area contributed by atoms with Crippen LogP contribution in [0.25, 0.3) is 11.1 Å². The summed E-state index contributed by atoms with van der Waals surface area (Å²) in [4.78, 5) is 16.2. The van der Waals surface area contributed by atoms with Crippen molar-refractivity contribution in [1.29, 1.82) is 0 Å². The zero-order chi connectivity index (χ0) is 17.6. The molecule has 1 heterocycles. The summed E-state index contributed by atoms with van der Waals surface area (Å²) in [5.74, 6) is 1.21. The molecule has 3 aromatic rings. The Balaban J connectivity index is 1.88. The number of Topliss-reactive ketones (excluding diaryl/α,β-unsaturated/α-hetero) is 1. The third-order valence-corrected chi connectivity index (χ3v) is 3.88. The van der Waals surface area contributed by atoms with Crippen molar-refractivity contribution >= 4 is 5.78 Å². The summed E-state index contributed by atoms with van der Waals surface area (Å²) in [5, 5.41) is 0.